The van der Waals surface area contributed by atoms with Gasteiger partial charge in [0.15, 0.2) is 10.9 Å². The van der Waals surface area contributed by atoms with E-state index >= 15 is 0 Å². The molecule has 0 saturated heterocycles. The molecule has 6 nitrogen and oxygen atoms in total. The van der Waals surface area contributed by atoms with Gasteiger partial charge in [-0.25, -0.2) is 14.4 Å². The fourth-order valence-corrected chi connectivity index (χ4v) is 4.61. The number of benzene rings is 1. The molecule has 1 fully saturated rings. The van der Waals surface area contributed by atoms with Gasteiger partial charge in [-0.15, -0.1) is 0 Å². The summed E-state index contributed by atoms with van der Waals surface area (Å²) >= 11 is 7.30. The number of hydrogen-bond acceptors (Lipinski definition) is 6. The van der Waals surface area contributed by atoms with Crippen LogP contribution >= 0.6 is 22.9 Å². The van der Waals surface area contributed by atoms with E-state index in [4.69, 9.17) is 22.1 Å². The summed E-state index contributed by atoms with van der Waals surface area (Å²) in [7, 11) is 0. The Kier molecular flexibility index (Phi) is 5.32. The average molecular weight is 421 g/mol. The molecule has 146 valence electrons. The van der Waals surface area contributed by atoms with E-state index in [-0.39, 0.29) is 23.6 Å². The third-order valence-electron chi connectivity index (χ3n) is 4.73. The second-order valence-electron chi connectivity index (χ2n) is 6.71. The maximum absolute atomic E-state index is 14.0. The number of pyridine rings is 1. The van der Waals surface area contributed by atoms with Crippen LogP contribution in [0.5, 0.6) is 5.88 Å². The van der Waals surface area contributed by atoms with Crippen LogP contribution in [0.2, 0.25) is 5.02 Å². The van der Waals surface area contributed by atoms with Crippen molar-refractivity contribution in [2.24, 2.45) is 5.73 Å². The molecule has 1 aliphatic rings. The third-order valence-corrected chi connectivity index (χ3v) is 5.88. The molecule has 1 aromatic carbocycles. The Morgan fingerprint density at radius 2 is 2.11 bits per heavy atom. The first kappa shape index (κ1) is 18.9. The number of nitrogens with two attached hydrogens (primary N) is 1. The number of halogens is 2. The van der Waals surface area contributed by atoms with Gasteiger partial charge in [0.1, 0.15) is 17.2 Å². The van der Waals surface area contributed by atoms with Gasteiger partial charge in [-0.3, -0.25) is 4.79 Å². The summed E-state index contributed by atoms with van der Waals surface area (Å²) in [6.45, 7) is 0. The molecule has 3 aromatic rings. The highest BCUT2D eigenvalue weighted by Gasteiger charge is 2.25. The van der Waals surface area contributed by atoms with E-state index in [1.165, 1.54) is 17.4 Å². The topological polar surface area (TPSA) is 90.1 Å². The molecule has 4 rings (SSSR count). The molecule has 2 heterocycles. The van der Waals surface area contributed by atoms with E-state index < -0.39 is 11.7 Å². The predicted molar refractivity (Wildman–Crippen MR) is 108 cm³/mol. The maximum Gasteiger partial charge on any atom is 0.254 e. The summed E-state index contributed by atoms with van der Waals surface area (Å²) in [4.78, 5) is 20.0. The first-order chi connectivity index (χ1) is 13.5. The molecule has 1 aliphatic carbocycles. The smallest absolute Gasteiger partial charge is 0.254 e. The van der Waals surface area contributed by atoms with Crippen LogP contribution in [0.15, 0.2) is 30.5 Å². The standard InChI is InChI=1S/C19H18ClFN4O2S/c20-10-8-14(21)16-15(9-10)28-19(25-16)24-11-3-5-12(6-4-11)27-18-13(17(22)26)2-1-7-23-18/h1-2,7-9,11-12H,3-6H2,(H2,22,26)(H,24,25)/t11-,12-. The summed E-state index contributed by atoms with van der Waals surface area (Å²) in [5.41, 5.74) is 6.00. The van der Waals surface area contributed by atoms with E-state index in [0.29, 0.717) is 15.7 Å². The highest BCUT2D eigenvalue weighted by Crippen LogP contribution is 2.33. The number of anilines is 1. The number of nitrogens with zero attached hydrogens (tertiary/aromatic N) is 2. The Morgan fingerprint density at radius 1 is 1.32 bits per heavy atom. The fraction of sp³-hybridized carbons (Fsp3) is 0.316. The van der Waals surface area contributed by atoms with E-state index in [1.54, 1.807) is 24.4 Å². The molecular formula is C19H18ClFN4O2S. The van der Waals surface area contributed by atoms with Crippen molar-refractivity contribution in [1.29, 1.82) is 0 Å². The molecule has 9 heteroatoms. The molecule has 2 aromatic heterocycles. The lowest BCUT2D eigenvalue weighted by molar-refractivity contribution is 0.0983. The molecule has 0 bridgehead atoms. The van der Waals surface area contributed by atoms with Gasteiger partial charge in [-0.1, -0.05) is 22.9 Å². The first-order valence-electron chi connectivity index (χ1n) is 8.93. The number of fused-ring (bicyclic) bond motifs is 1. The molecule has 0 unspecified atom stereocenters. The first-order valence-corrected chi connectivity index (χ1v) is 10.1. The zero-order valence-corrected chi connectivity index (χ0v) is 16.4. The normalized spacial score (nSPS) is 19.5. The Hall–Kier alpha value is -2.45. The van der Waals surface area contributed by atoms with Gasteiger partial charge in [0.05, 0.1) is 4.70 Å². The van der Waals surface area contributed by atoms with Crippen LogP contribution < -0.4 is 15.8 Å². The number of rotatable bonds is 5. The average Bonchev–Trinajstić information content (AvgIpc) is 3.06. The van der Waals surface area contributed by atoms with Crippen molar-refractivity contribution in [3.05, 3.63) is 46.9 Å². The molecular weight excluding hydrogens is 403 g/mol. The summed E-state index contributed by atoms with van der Waals surface area (Å²) in [6.07, 6.45) is 4.88. The molecule has 3 N–H and O–H groups in total. The monoisotopic (exact) mass is 420 g/mol. The van der Waals surface area contributed by atoms with E-state index in [0.717, 1.165) is 30.4 Å². The van der Waals surface area contributed by atoms with Gasteiger partial charge in [0.2, 0.25) is 5.88 Å². The van der Waals surface area contributed by atoms with Crippen LogP contribution in [0.25, 0.3) is 10.2 Å². The van der Waals surface area contributed by atoms with Crippen molar-refractivity contribution in [3.63, 3.8) is 0 Å². The number of carbonyl (C=O) groups is 1. The van der Waals surface area contributed by atoms with Crippen molar-refractivity contribution < 1.29 is 13.9 Å². The van der Waals surface area contributed by atoms with Crippen molar-refractivity contribution in [2.75, 3.05) is 5.32 Å². The van der Waals surface area contributed by atoms with Crippen molar-refractivity contribution in [3.8, 4) is 5.88 Å². The lowest BCUT2D eigenvalue weighted by Gasteiger charge is -2.29. The van der Waals surface area contributed by atoms with Crippen LogP contribution in [-0.2, 0) is 0 Å². The lowest BCUT2D eigenvalue weighted by atomic mass is 9.93. The second-order valence-corrected chi connectivity index (χ2v) is 8.18. The molecule has 1 saturated carbocycles. The minimum Gasteiger partial charge on any atom is -0.474 e. The summed E-state index contributed by atoms with van der Waals surface area (Å²) in [5, 5.41) is 4.43. The Bertz CT molecular complexity index is 1020. The highest BCUT2D eigenvalue weighted by atomic mass is 35.5. The van der Waals surface area contributed by atoms with Crippen LogP contribution in [0.4, 0.5) is 9.52 Å². The Morgan fingerprint density at radius 3 is 2.86 bits per heavy atom. The third kappa shape index (κ3) is 4.02. The lowest BCUT2D eigenvalue weighted by Crippen LogP contribution is -2.31. The van der Waals surface area contributed by atoms with Gasteiger partial charge in [0, 0.05) is 17.3 Å². The largest absolute Gasteiger partial charge is 0.474 e. The zero-order valence-electron chi connectivity index (χ0n) is 14.8. The number of thiazole rings is 1. The number of ether oxygens (including phenoxy) is 1. The maximum atomic E-state index is 14.0. The minimum absolute atomic E-state index is 0.0299. The quantitative estimate of drug-likeness (QED) is 0.639. The Balaban J connectivity index is 1.37. The second kappa shape index (κ2) is 7.89. The fourth-order valence-electron chi connectivity index (χ4n) is 3.35. The van der Waals surface area contributed by atoms with Crippen molar-refractivity contribution >= 4 is 44.2 Å². The number of nitrogens with one attached hydrogen (secondary N) is 1. The molecule has 0 radical (unpaired) electrons. The van der Waals surface area contributed by atoms with Gasteiger partial charge in [-0.05, 0) is 49.9 Å². The predicted octanol–water partition coefficient (Wildman–Crippen LogP) is 4.38. The van der Waals surface area contributed by atoms with Gasteiger partial charge < -0.3 is 15.8 Å². The van der Waals surface area contributed by atoms with Crippen molar-refractivity contribution in [1.82, 2.24) is 9.97 Å². The summed E-state index contributed by atoms with van der Waals surface area (Å²) < 4.78 is 20.6. The van der Waals surface area contributed by atoms with Gasteiger partial charge in [-0.2, -0.15) is 0 Å². The number of aromatic nitrogens is 2. The van der Waals surface area contributed by atoms with Crippen molar-refractivity contribution in [2.45, 2.75) is 37.8 Å². The zero-order chi connectivity index (χ0) is 19.7. The van der Waals surface area contributed by atoms with Crippen LogP contribution in [0.1, 0.15) is 36.0 Å². The molecule has 0 aliphatic heterocycles. The van der Waals surface area contributed by atoms with Crippen LogP contribution in [0, 0.1) is 5.82 Å². The SMILES string of the molecule is NC(=O)c1cccnc1O[C@H]1CC[C@H](Nc2nc3c(F)cc(Cl)cc3s2)CC1. The minimum atomic E-state index is -0.554. The number of hydrogen-bond donors (Lipinski definition) is 2. The van der Waals surface area contributed by atoms with E-state index in [2.05, 4.69) is 15.3 Å². The molecule has 0 atom stereocenters. The number of carbonyl (C=O) groups excluding carboxylic acids is 1. The molecule has 0 spiro atoms. The Labute approximate surface area is 169 Å². The number of amides is 1. The number of primary amides is 1. The molecule has 1 amide bonds. The summed E-state index contributed by atoms with van der Waals surface area (Å²) in [5.74, 6) is -0.684. The van der Waals surface area contributed by atoms with Crippen LogP contribution in [-0.4, -0.2) is 28.0 Å². The van der Waals surface area contributed by atoms with E-state index in [1.807, 2.05) is 0 Å². The summed E-state index contributed by atoms with van der Waals surface area (Å²) in [6, 6.07) is 6.47. The van der Waals surface area contributed by atoms with Crippen LogP contribution in [0.3, 0.4) is 0 Å². The van der Waals surface area contributed by atoms with E-state index in [9.17, 15) is 9.18 Å². The molecule has 28 heavy (non-hydrogen) atoms. The highest BCUT2D eigenvalue weighted by molar-refractivity contribution is 7.22. The van der Waals surface area contributed by atoms with Gasteiger partial charge in [0.25, 0.3) is 5.91 Å². The van der Waals surface area contributed by atoms with Gasteiger partial charge >= 0.3 is 0 Å².